The van der Waals surface area contributed by atoms with Gasteiger partial charge in [0.1, 0.15) is 5.82 Å². The Kier molecular flexibility index (Phi) is 4.09. The first-order valence-corrected chi connectivity index (χ1v) is 10.3. The number of nitrogens with zero attached hydrogens (tertiary/aromatic N) is 7. The summed E-state index contributed by atoms with van der Waals surface area (Å²) in [6.45, 7) is 7.02. The minimum absolute atomic E-state index is 0.758. The lowest BCUT2D eigenvalue weighted by Gasteiger charge is -2.34. The molecule has 0 atom stereocenters. The summed E-state index contributed by atoms with van der Waals surface area (Å²) in [5.74, 6) is 2.69. The number of rotatable bonds is 5. The monoisotopic (exact) mass is 369 g/mol. The highest BCUT2D eigenvalue weighted by molar-refractivity contribution is 7.09. The van der Waals surface area contributed by atoms with E-state index in [-0.39, 0.29) is 0 Å². The van der Waals surface area contributed by atoms with E-state index in [1.54, 1.807) is 0 Å². The number of hydrogen-bond acceptors (Lipinski definition) is 7. The van der Waals surface area contributed by atoms with E-state index in [0.29, 0.717) is 0 Å². The maximum Gasteiger partial charge on any atom is 0.203 e. The van der Waals surface area contributed by atoms with Crippen LogP contribution in [0.2, 0.25) is 0 Å². The Morgan fingerprint density at radius 1 is 1.15 bits per heavy atom. The van der Waals surface area contributed by atoms with E-state index < -0.39 is 0 Å². The molecule has 1 aliphatic carbocycles. The Morgan fingerprint density at radius 2 is 2.00 bits per heavy atom. The largest absolute Gasteiger partial charge is 0.351 e. The molecular weight excluding hydrogens is 346 g/mol. The van der Waals surface area contributed by atoms with Crippen molar-refractivity contribution in [1.82, 2.24) is 29.5 Å². The van der Waals surface area contributed by atoms with Gasteiger partial charge in [0.25, 0.3) is 0 Å². The molecule has 1 saturated heterocycles. The van der Waals surface area contributed by atoms with Crippen LogP contribution in [0.4, 0.5) is 5.82 Å². The zero-order valence-corrected chi connectivity index (χ0v) is 15.8. The van der Waals surface area contributed by atoms with Crippen molar-refractivity contribution in [3.63, 3.8) is 0 Å². The van der Waals surface area contributed by atoms with Crippen LogP contribution in [0.1, 0.15) is 42.2 Å². The lowest BCUT2D eigenvalue weighted by molar-refractivity contribution is 0.247. The molecule has 1 aliphatic heterocycles. The standard InChI is InChI=1S/C18H23N7S/c1-2-15-21-22-17-16(19-5-6-25(15)17)24-9-7-23(8-10-24)11-14-12-26-18(20-14)13-3-4-13/h5-6,12-13H,2-4,7-11H2,1H3. The molecule has 1 saturated carbocycles. The Hall–Kier alpha value is -2.06. The van der Waals surface area contributed by atoms with Crippen LogP contribution >= 0.6 is 11.3 Å². The van der Waals surface area contributed by atoms with Crippen molar-refractivity contribution in [2.24, 2.45) is 0 Å². The van der Waals surface area contributed by atoms with Crippen LogP contribution in [0.5, 0.6) is 0 Å². The van der Waals surface area contributed by atoms with E-state index >= 15 is 0 Å². The van der Waals surface area contributed by atoms with Crippen molar-refractivity contribution in [1.29, 1.82) is 0 Å². The fraction of sp³-hybridized carbons (Fsp3) is 0.556. The summed E-state index contributed by atoms with van der Waals surface area (Å²) >= 11 is 1.84. The summed E-state index contributed by atoms with van der Waals surface area (Å²) in [7, 11) is 0. The minimum Gasteiger partial charge on any atom is -0.351 e. The lowest BCUT2D eigenvalue weighted by atomic mass is 10.3. The van der Waals surface area contributed by atoms with E-state index in [0.717, 1.165) is 62.4 Å². The van der Waals surface area contributed by atoms with E-state index in [4.69, 9.17) is 4.98 Å². The number of fused-ring (bicyclic) bond motifs is 1. The summed E-state index contributed by atoms with van der Waals surface area (Å²) in [4.78, 5) is 14.2. The van der Waals surface area contributed by atoms with Crippen molar-refractivity contribution >= 4 is 22.8 Å². The van der Waals surface area contributed by atoms with Gasteiger partial charge in [-0.3, -0.25) is 9.30 Å². The molecular formula is C18H23N7S. The van der Waals surface area contributed by atoms with Gasteiger partial charge in [-0.25, -0.2) is 9.97 Å². The van der Waals surface area contributed by atoms with Gasteiger partial charge in [-0.05, 0) is 12.8 Å². The topological polar surface area (TPSA) is 62.5 Å². The predicted molar refractivity (Wildman–Crippen MR) is 102 cm³/mol. The molecule has 0 aromatic carbocycles. The summed E-state index contributed by atoms with van der Waals surface area (Å²) in [6, 6.07) is 0. The molecule has 136 valence electrons. The van der Waals surface area contributed by atoms with Crippen LogP contribution < -0.4 is 4.90 Å². The van der Waals surface area contributed by atoms with Crippen molar-refractivity contribution in [3.05, 3.63) is 34.3 Å². The molecule has 7 nitrogen and oxygen atoms in total. The van der Waals surface area contributed by atoms with Crippen molar-refractivity contribution in [2.45, 2.75) is 38.6 Å². The lowest BCUT2D eigenvalue weighted by Crippen LogP contribution is -2.46. The third kappa shape index (κ3) is 2.97. The van der Waals surface area contributed by atoms with Gasteiger partial charge in [0.2, 0.25) is 5.65 Å². The fourth-order valence-corrected chi connectivity index (χ4v) is 4.57. The van der Waals surface area contributed by atoms with Crippen molar-refractivity contribution in [3.8, 4) is 0 Å². The number of hydrogen-bond donors (Lipinski definition) is 0. The average molecular weight is 369 g/mol. The maximum absolute atomic E-state index is 4.83. The van der Waals surface area contributed by atoms with Crippen molar-refractivity contribution in [2.75, 3.05) is 31.1 Å². The van der Waals surface area contributed by atoms with Crippen LogP contribution in [0.15, 0.2) is 17.8 Å². The number of aromatic nitrogens is 5. The summed E-state index contributed by atoms with van der Waals surface area (Å²) < 4.78 is 2.06. The zero-order chi connectivity index (χ0) is 17.5. The van der Waals surface area contributed by atoms with E-state index in [9.17, 15) is 0 Å². The first-order chi connectivity index (χ1) is 12.8. The van der Waals surface area contributed by atoms with Gasteiger partial charge in [-0.2, -0.15) is 0 Å². The predicted octanol–water partition coefficient (Wildman–Crippen LogP) is 2.34. The Bertz CT molecular complexity index is 905. The van der Waals surface area contributed by atoms with Gasteiger partial charge in [0.15, 0.2) is 5.82 Å². The molecule has 26 heavy (non-hydrogen) atoms. The number of piperazine rings is 1. The highest BCUT2D eigenvalue weighted by Gasteiger charge is 2.27. The van der Waals surface area contributed by atoms with E-state index in [1.807, 2.05) is 23.7 Å². The molecule has 2 fully saturated rings. The van der Waals surface area contributed by atoms with Crippen LogP contribution in [0.25, 0.3) is 5.65 Å². The molecule has 2 aliphatic rings. The molecule has 3 aromatic heterocycles. The minimum atomic E-state index is 0.758. The average Bonchev–Trinajstić information content (AvgIpc) is 3.28. The number of aryl methyl sites for hydroxylation is 1. The molecule has 5 rings (SSSR count). The second-order valence-electron chi connectivity index (χ2n) is 7.13. The van der Waals surface area contributed by atoms with Gasteiger partial charge in [0, 0.05) is 62.8 Å². The van der Waals surface area contributed by atoms with E-state index in [2.05, 4.69) is 41.7 Å². The summed E-state index contributed by atoms with van der Waals surface area (Å²) in [6.07, 6.45) is 7.33. The summed E-state index contributed by atoms with van der Waals surface area (Å²) in [5.41, 5.74) is 2.10. The Labute approximate surface area is 156 Å². The smallest absolute Gasteiger partial charge is 0.203 e. The molecule has 0 N–H and O–H groups in total. The molecule has 8 heteroatoms. The van der Waals surface area contributed by atoms with Gasteiger partial charge >= 0.3 is 0 Å². The first-order valence-electron chi connectivity index (χ1n) is 9.42. The molecule has 0 unspecified atom stereocenters. The Morgan fingerprint density at radius 3 is 2.77 bits per heavy atom. The van der Waals surface area contributed by atoms with Crippen LogP contribution in [0.3, 0.4) is 0 Å². The fourth-order valence-electron chi connectivity index (χ4n) is 3.59. The third-order valence-corrected chi connectivity index (χ3v) is 6.30. The van der Waals surface area contributed by atoms with Crippen LogP contribution in [-0.4, -0.2) is 55.6 Å². The molecule has 3 aromatic rings. The maximum atomic E-state index is 4.83. The second kappa shape index (κ2) is 6.59. The molecule has 0 amide bonds. The number of anilines is 1. The van der Waals surface area contributed by atoms with Gasteiger partial charge in [-0.1, -0.05) is 6.92 Å². The highest BCUT2D eigenvalue weighted by atomic mass is 32.1. The van der Waals surface area contributed by atoms with Crippen LogP contribution in [0, 0.1) is 0 Å². The zero-order valence-electron chi connectivity index (χ0n) is 15.0. The quantitative estimate of drug-likeness (QED) is 0.688. The normalized spacial score (nSPS) is 18.7. The van der Waals surface area contributed by atoms with E-state index in [1.165, 1.54) is 23.5 Å². The highest BCUT2D eigenvalue weighted by Crippen LogP contribution is 2.41. The van der Waals surface area contributed by atoms with Gasteiger partial charge in [-0.15, -0.1) is 21.5 Å². The SMILES string of the molecule is CCc1nnc2c(N3CCN(Cc4csc(C5CC5)n4)CC3)nccn12. The third-order valence-electron chi connectivity index (χ3n) is 5.25. The van der Waals surface area contributed by atoms with Gasteiger partial charge in [0.05, 0.1) is 10.7 Å². The second-order valence-corrected chi connectivity index (χ2v) is 8.02. The Balaban J connectivity index is 1.26. The molecule has 0 radical (unpaired) electrons. The number of thiazole rings is 1. The molecule has 4 heterocycles. The van der Waals surface area contributed by atoms with Crippen LogP contribution in [-0.2, 0) is 13.0 Å². The first kappa shape index (κ1) is 16.1. The van der Waals surface area contributed by atoms with Gasteiger partial charge < -0.3 is 4.90 Å². The summed E-state index contributed by atoms with van der Waals surface area (Å²) in [5, 5.41) is 12.2. The van der Waals surface area contributed by atoms with Crippen molar-refractivity contribution < 1.29 is 0 Å². The molecule has 0 spiro atoms. The molecule has 0 bridgehead atoms.